The molecule has 8 aromatic rings. The monoisotopic (exact) mass is 608 g/mol. The molecule has 0 atom stereocenters. The Balaban J connectivity index is 1.02. The Hall–Kier alpha value is -6.34. The van der Waals surface area contributed by atoms with Crippen LogP contribution in [0.2, 0.25) is 0 Å². The SMILES string of the molecule is Cc1ccc(C#Cc2ccc3cc4cc(/C=C/c5ccc6cc7cc(C#Cc8ccc(C)cc8)ccc7cc6c5)ccc4cc3c2)cc1. The fourth-order valence-corrected chi connectivity index (χ4v) is 6.15. The summed E-state index contributed by atoms with van der Waals surface area (Å²) in [6.45, 7) is 4.19. The van der Waals surface area contributed by atoms with E-state index in [0.29, 0.717) is 0 Å². The molecule has 224 valence electrons. The first kappa shape index (κ1) is 29.1. The quantitative estimate of drug-likeness (QED) is 0.104. The van der Waals surface area contributed by atoms with E-state index in [9.17, 15) is 0 Å². The van der Waals surface area contributed by atoms with Crippen LogP contribution in [0.4, 0.5) is 0 Å². The third kappa shape index (κ3) is 6.34. The minimum absolute atomic E-state index is 1.03. The highest BCUT2D eigenvalue weighted by atomic mass is 14.1. The lowest BCUT2D eigenvalue weighted by Gasteiger charge is -2.06. The molecular weight excluding hydrogens is 577 g/mol. The second-order valence-electron chi connectivity index (χ2n) is 12.6. The standard InChI is InChI=1S/C48H32/c1-33-3-7-35(8-4-33)11-13-37-17-21-41-31-47-27-39(19-23-43(47)29-45(41)25-37)15-16-40-20-24-44-30-46-26-38(18-22-42(46)32-48(44)28-40)14-12-36-9-5-34(2)6-10-36/h3-10,15-32H,1-2H3/b16-15+. The summed E-state index contributed by atoms with van der Waals surface area (Å²) in [7, 11) is 0. The van der Waals surface area contributed by atoms with Crippen LogP contribution >= 0.6 is 0 Å². The molecule has 8 rings (SSSR count). The van der Waals surface area contributed by atoms with E-state index in [0.717, 1.165) is 22.3 Å². The molecule has 0 unspecified atom stereocenters. The molecule has 0 aliphatic rings. The third-order valence-electron chi connectivity index (χ3n) is 8.91. The molecule has 0 spiro atoms. The van der Waals surface area contributed by atoms with E-state index in [4.69, 9.17) is 0 Å². The maximum absolute atomic E-state index is 3.33. The van der Waals surface area contributed by atoms with Crippen LogP contribution < -0.4 is 0 Å². The summed E-state index contributed by atoms with van der Waals surface area (Å²) in [6, 6.07) is 52.1. The van der Waals surface area contributed by atoms with Crippen LogP contribution in [0.5, 0.6) is 0 Å². The van der Waals surface area contributed by atoms with E-state index in [2.05, 4.69) is 195 Å². The van der Waals surface area contributed by atoms with Crippen molar-refractivity contribution in [1.29, 1.82) is 0 Å². The Morgan fingerprint density at radius 1 is 0.292 bits per heavy atom. The van der Waals surface area contributed by atoms with Gasteiger partial charge in [0.2, 0.25) is 0 Å². The van der Waals surface area contributed by atoms with Gasteiger partial charge in [0.15, 0.2) is 0 Å². The van der Waals surface area contributed by atoms with Crippen LogP contribution in [0.3, 0.4) is 0 Å². The highest BCUT2D eigenvalue weighted by Crippen LogP contribution is 2.28. The predicted octanol–water partition coefficient (Wildman–Crippen LogP) is 11.9. The molecule has 0 nitrogen and oxygen atoms in total. The topological polar surface area (TPSA) is 0 Å². The fourth-order valence-electron chi connectivity index (χ4n) is 6.15. The Labute approximate surface area is 282 Å². The molecule has 0 heterocycles. The van der Waals surface area contributed by atoms with Crippen molar-refractivity contribution in [2.45, 2.75) is 13.8 Å². The van der Waals surface area contributed by atoms with E-state index in [1.165, 1.54) is 65.3 Å². The second-order valence-corrected chi connectivity index (χ2v) is 12.6. The highest BCUT2D eigenvalue weighted by molar-refractivity contribution is 6.01. The number of fused-ring (bicyclic) bond motifs is 4. The first-order valence-corrected chi connectivity index (χ1v) is 16.3. The third-order valence-corrected chi connectivity index (χ3v) is 8.91. The largest absolute Gasteiger partial charge is 0.0617 e. The van der Waals surface area contributed by atoms with Crippen molar-refractivity contribution in [3.05, 3.63) is 190 Å². The van der Waals surface area contributed by atoms with Crippen molar-refractivity contribution < 1.29 is 0 Å². The molecule has 48 heavy (non-hydrogen) atoms. The van der Waals surface area contributed by atoms with E-state index < -0.39 is 0 Å². The molecule has 0 saturated heterocycles. The Kier molecular flexibility index (Phi) is 7.55. The zero-order valence-electron chi connectivity index (χ0n) is 27.0. The van der Waals surface area contributed by atoms with Gasteiger partial charge in [0.25, 0.3) is 0 Å². The second kappa shape index (κ2) is 12.5. The summed E-state index contributed by atoms with van der Waals surface area (Å²) in [5.41, 5.74) is 8.97. The molecule has 0 radical (unpaired) electrons. The van der Waals surface area contributed by atoms with Crippen molar-refractivity contribution in [1.82, 2.24) is 0 Å². The minimum Gasteiger partial charge on any atom is -0.0617 e. The summed E-state index contributed by atoms with van der Waals surface area (Å²) in [5.74, 6) is 13.2. The summed E-state index contributed by atoms with van der Waals surface area (Å²) in [5, 5.41) is 9.77. The lowest BCUT2D eigenvalue weighted by atomic mass is 9.99. The maximum Gasteiger partial charge on any atom is 0.0255 e. The molecule has 0 aromatic heterocycles. The van der Waals surface area contributed by atoms with Gasteiger partial charge < -0.3 is 0 Å². The summed E-state index contributed by atoms with van der Waals surface area (Å²) in [6.07, 6.45) is 4.41. The highest BCUT2D eigenvalue weighted by Gasteiger charge is 2.03. The van der Waals surface area contributed by atoms with E-state index in [1.807, 2.05) is 0 Å². The molecule has 0 heteroatoms. The lowest BCUT2D eigenvalue weighted by Crippen LogP contribution is -1.82. The average Bonchev–Trinajstić information content (AvgIpc) is 3.11. The molecule has 0 amide bonds. The van der Waals surface area contributed by atoms with E-state index in [-0.39, 0.29) is 0 Å². The molecule has 0 aliphatic carbocycles. The van der Waals surface area contributed by atoms with Crippen LogP contribution in [0.15, 0.2) is 146 Å². The van der Waals surface area contributed by atoms with E-state index >= 15 is 0 Å². The van der Waals surface area contributed by atoms with Crippen molar-refractivity contribution in [2.75, 3.05) is 0 Å². The zero-order valence-corrected chi connectivity index (χ0v) is 27.0. The summed E-state index contributed by atoms with van der Waals surface area (Å²) < 4.78 is 0. The Morgan fingerprint density at radius 2 is 0.604 bits per heavy atom. The van der Waals surface area contributed by atoms with Crippen LogP contribution in [0.25, 0.3) is 55.2 Å². The van der Waals surface area contributed by atoms with Gasteiger partial charge in [-0.25, -0.2) is 0 Å². The summed E-state index contributed by atoms with van der Waals surface area (Å²) >= 11 is 0. The van der Waals surface area contributed by atoms with Gasteiger partial charge in [-0.05, 0) is 153 Å². The molecule has 0 aliphatic heterocycles. The van der Waals surface area contributed by atoms with E-state index in [1.54, 1.807) is 0 Å². The van der Waals surface area contributed by atoms with Crippen molar-refractivity contribution in [3.8, 4) is 23.7 Å². The van der Waals surface area contributed by atoms with Gasteiger partial charge in [-0.3, -0.25) is 0 Å². The van der Waals surface area contributed by atoms with Crippen LogP contribution in [0.1, 0.15) is 44.5 Å². The van der Waals surface area contributed by atoms with Crippen LogP contribution in [-0.2, 0) is 0 Å². The molecule has 0 fully saturated rings. The normalized spacial score (nSPS) is 11.1. The van der Waals surface area contributed by atoms with Gasteiger partial charge in [-0.1, -0.05) is 108 Å². The number of rotatable bonds is 2. The molecule has 0 saturated carbocycles. The van der Waals surface area contributed by atoms with Gasteiger partial charge in [-0.2, -0.15) is 0 Å². The summed E-state index contributed by atoms with van der Waals surface area (Å²) in [4.78, 5) is 0. The molecule has 0 N–H and O–H groups in total. The van der Waals surface area contributed by atoms with Crippen LogP contribution in [0, 0.1) is 37.5 Å². The number of hydrogen-bond acceptors (Lipinski definition) is 0. The predicted molar refractivity (Wildman–Crippen MR) is 206 cm³/mol. The van der Waals surface area contributed by atoms with Gasteiger partial charge in [0.1, 0.15) is 0 Å². The van der Waals surface area contributed by atoms with Gasteiger partial charge >= 0.3 is 0 Å². The van der Waals surface area contributed by atoms with Gasteiger partial charge in [0, 0.05) is 22.3 Å². The van der Waals surface area contributed by atoms with Crippen molar-refractivity contribution >= 4 is 55.2 Å². The average molecular weight is 609 g/mol. The number of aryl methyl sites for hydroxylation is 2. The van der Waals surface area contributed by atoms with Crippen molar-refractivity contribution in [2.24, 2.45) is 0 Å². The molecular formula is C48H32. The first-order valence-electron chi connectivity index (χ1n) is 16.3. The smallest absolute Gasteiger partial charge is 0.0255 e. The number of benzene rings is 8. The van der Waals surface area contributed by atoms with Crippen LogP contribution in [-0.4, -0.2) is 0 Å². The van der Waals surface area contributed by atoms with Gasteiger partial charge in [0.05, 0.1) is 0 Å². The molecule has 8 aromatic carbocycles. The minimum atomic E-state index is 1.03. The maximum atomic E-state index is 3.33. The van der Waals surface area contributed by atoms with Gasteiger partial charge in [-0.15, -0.1) is 0 Å². The number of hydrogen-bond donors (Lipinski definition) is 0. The zero-order chi connectivity index (χ0) is 32.5. The fraction of sp³-hybridized carbons (Fsp3) is 0.0417. The first-order chi connectivity index (χ1) is 23.5. The Bertz CT molecular complexity index is 2470. The molecule has 0 bridgehead atoms. The van der Waals surface area contributed by atoms with Crippen molar-refractivity contribution in [3.63, 3.8) is 0 Å². The Morgan fingerprint density at radius 3 is 1.00 bits per heavy atom. The lowest BCUT2D eigenvalue weighted by molar-refractivity contribution is 1.46.